The summed E-state index contributed by atoms with van der Waals surface area (Å²) in [4.78, 5) is 30.6. The molecule has 6 nitrogen and oxygen atoms in total. The van der Waals surface area contributed by atoms with Crippen molar-refractivity contribution in [3.63, 3.8) is 0 Å². The second-order valence-electron chi connectivity index (χ2n) is 6.79. The van der Waals surface area contributed by atoms with Crippen LogP contribution in [-0.4, -0.2) is 66.5 Å². The van der Waals surface area contributed by atoms with Crippen LogP contribution in [0.1, 0.15) is 10.4 Å². The number of amides is 2. The van der Waals surface area contributed by atoms with Crippen LogP contribution in [0, 0.1) is 0 Å². The van der Waals surface area contributed by atoms with E-state index in [1.807, 2.05) is 35.2 Å². The molecule has 0 aliphatic carbocycles. The third-order valence-corrected chi connectivity index (χ3v) is 5.56. The number of anilines is 1. The molecule has 1 aliphatic rings. The van der Waals surface area contributed by atoms with E-state index in [1.165, 1.54) is 0 Å². The Morgan fingerprint density at radius 3 is 2.31 bits per heavy atom. The number of carbonyl (C=O) groups excluding carboxylic acids is 2. The summed E-state index contributed by atoms with van der Waals surface area (Å²) in [5, 5.41) is 3.51. The monoisotopic (exact) mass is 430 g/mol. The summed E-state index contributed by atoms with van der Waals surface area (Å²) in [6.07, 6.45) is 0. The van der Waals surface area contributed by atoms with Crippen molar-refractivity contribution >= 4 is 46.4 Å². The Morgan fingerprint density at radius 1 is 1.03 bits per heavy atom. The molecule has 0 spiro atoms. The number of para-hydroxylation sites is 1. The Hall–Kier alpha value is -2.48. The lowest BCUT2D eigenvalue weighted by Gasteiger charge is -2.36. The number of carbonyl (C=O) groups is 2. The summed E-state index contributed by atoms with van der Waals surface area (Å²) in [6.45, 7) is 3.01. The van der Waals surface area contributed by atoms with Crippen LogP contribution >= 0.6 is 23.8 Å². The number of rotatable bonds is 4. The lowest BCUT2D eigenvalue weighted by molar-refractivity contribution is -0.119. The van der Waals surface area contributed by atoms with Crippen LogP contribution in [-0.2, 0) is 4.79 Å². The number of benzene rings is 2. The van der Waals surface area contributed by atoms with Crippen molar-refractivity contribution in [3.8, 4) is 0 Å². The fourth-order valence-corrected chi connectivity index (χ4v) is 3.59. The van der Waals surface area contributed by atoms with Gasteiger partial charge in [-0.15, -0.1) is 0 Å². The normalized spacial score (nSPS) is 14.3. The fourth-order valence-electron chi connectivity index (χ4n) is 3.09. The van der Waals surface area contributed by atoms with Crippen LogP contribution in [0.5, 0.6) is 0 Å². The zero-order valence-electron chi connectivity index (χ0n) is 16.2. The number of nitrogens with one attached hydrogen (secondary N) is 1. The van der Waals surface area contributed by atoms with Gasteiger partial charge in [0, 0.05) is 38.9 Å². The third kappa shape index (κ3) is 5.53. The van der Waals surface area contributed by atoms with Gasteiger partial charge >= 0.3 is 0 Å². The Labute approximate surface area is 181 Å². The molecule has 0 aromatic heterocycles. The van der Waals surface area contributed by atoms with Gasteiger partial charge in [0.05, 0.1) is 17.1 Å². The van der Waals surface area contributed by atoms with E-state index in [-0.39, 0.29) is 11.8 Å². The van der Waals surface area contributed by atoms with Crippen LogP contribution in [0.15, 0.2) is 54.6 Å². The first-order chi connectivity index (χ1) is 14.0. The molecule has 152 valence electrons. The lowest BCUT2D eigenvalue weighted by Crippen LogP contribution is -2.54. The molecule has 3 rings (SSSR count). The molecule has 1 saturated heterocycles. The summed E-state index contributed by atoms with van der Waals surface area (Å²) in [5.74, 6) is -0.276. The second-order valence-corrected chi connectivity index (χ2v) is 7.58. The molecule has 29 heavy (non-hydrogen) atoms. The Morgan fingerprint density at radius 2 is 1.66 bits per heavy atom. The van der Waals surface area contributed by atoms with Crippen LogP contribution in [0.3, 0.4) is 0 Å². The largest absolute Gasteiger partial charge is 0.346 e. The molecule has 1 N–H and O–H groups in total. The van der Waals surface area contributed by atoms with Crippen LogP contribution in [0.4, 0.5) is 5.69 Å². The molecule has 8 heteroatoms. The van der Waals surface area contributed by atoms with E-state index in [0.717, 1.165) is 5.69 Å². The zero-order chi connectivity index (χ0) is 20.8. The molecule has 0 bridgehead atoms. The zero-order valence-corrected chi connectivity index (χ0v) is 17.7. The van der Waals surface area contributed by atoms with Crippen molar-refractivity contribution in [2.24, 2.45) is 0 Å². The lowest BCUT2D eigenvalue weighted by atomic mass is 10.2. The topological polar surface area (TPSA) is 55.9 Å². The first kappa shape index (κ1) is 21.2. The average Bonchev–Trinajstić information content (AvgIpc) is 2.74. The van der Waals surface area contributed by atoms with Crippen molar-refractivity contribution < 1.29 is 9.59 Å². The molecule has 0 radical (unpaired) electrons. The molecule has 2 aromatic carbocycles. The second kappa shape index (κ2) is 9.82. The molecule has 1 fully saturated rings. The van der Waals surface area contributed by atoms with E-state index in [1.54, 1.807) is 36.2 Å². The van der Waals surface area contributed by atoms with Crippen molar-refractivity contribution in [1.82, 2.24) is 15.1 Å². The Balaban J connectivity index is 1.47. The highest BCUT2D eigenvalue weighted by Crippen LogP contribution is 2.15. The van der Waals surface area contributed by atoms with Crippen LogP contribution in [0.25, 0.3) is 0 Å². The maximum Gasteiger partial charge on any atom is 0.258 e. The molecule has 1 aliphatic heterocycles. The minimum Gasteiger partial charge on any atom is -0.346 e. The van der Waals surface area contributed by atoms with Gasteiger partial charge < -0.3 is 9.80 Å². The molecule has 1 heterocycles. The molecule has 2 aromatic rings. The van der Waals surface area contributed by atoms with Gasteiger partial charge in [-0.1, -0.05) is 41.9 Å². The Bertz CT molecular complexity index is 885. The predicted molar refractivity (Wildman–Crippen MR) is 119 cm³/mol. The predicted octanol–water partition coefficient (Wildman–Crippen LogP) is 2.64. The summed E-state index contributed by atoms with van der Waals surface area (Å²) in [6, 6.07) is 16.4. The summed E-state index contributed by atoms with van der Waals surface area (Å²) >= 11 is 11.4. The van der Waals surface area contributed by atoms with Gasteiger partial charge in [-0.25, -0.2) is 0 Å². The average molecular weight is 431 g/mol. The van der Waals surface area contributed by atoms with Crippen molar-refractivity contribution in [2.75, 3.05) is 44.7 Å². The smallest absolute Gasteiger partial charge is 0.258 e. The SMILES string of the molecule is CN(C(=O)CN1CCN(C(=S)NC(=O)c2ccccc2Cl)CC1)c1ccccc1. The first-order valence-corrected chi connectivity index (χ1v) is 10.1. The van der Waals surface area contributed by atoms with E-state index in [4.69, 9.17) is 23.8 Å². The molecule has 0 atom stereocenters. The van der Waals surface area contributed by atoms with Gasteiger partial charge in [-0.05, 0) is 36.5 Å². The molecular weight excluding hydrogens is 408 g/mol. The highest BCUT2D eigenvalue weighted by molar-refractivity contribution is 7.80. The number of hydrogen-bond acceptors (Lipinski definition) is 4. The van der Waals surface area contributed by atoms with E-state index in [2.05, 4.69) is 10.2 Å². The summed E-state index contributed by atoms with van der Waals surface area (Å²) < 4.78 is 0. The quantitative estimate of drug-likeness (QED) is 0.756. The van der Waals surface area contributed by atoms with E-state index < -0.39 is 0 Å². The number of thiocarbonyl (C=S) groups is 1. The maximum atomic E-state index is 12.5. The van der Waals surface area contributed by atoms with Crippen LogP contribution in [0.2, 0.25) is 5.02 Å². The van der Waals surface area contributed by atoms with Crippen LogP contribution < -0.4 is 10.2 Å². The molecule has 0 unspecified atom stereocenters. The van der Waals surface area contributed by atoms with Gasteiger partial charge in [0.2, 0.25) is 5.91 Å². The van der Waals surface area contributed by atoms with Crippen molar-refractivity contribution in [3.05, 3.63) is 65.2 Å². The fraction of sp³-hybridized carbons (Fsp3) is 0.286. The van der Waals surface area contributed by atoms with Gasteiger partial charge in [-0.2, -0.15) is 0 Å². The highest BCUT2D eigenvalue weighted by Gasteiger charge is 2.23. The van der Waals surface area contributed by atoms with E-state index in [9.17, 15) is 9.59 Å². The van der Waals surface area contributed by atoms with Gasteiger partial charge in [0.25, 0.3) is 5.91 Å². The molecule has 0 saturated carbocycles. The Kier molecular flexibility index (Phi) is 7.19. The highest BCUT2D eigenvalue weighted by atomic mass is 35.5. The number of nitrogens with zero attached hydrogens (tertiary/aromatic N) is 3. The maximum absolute atomic E-state index is 12.5. The number of piperazine rings is 1. The first-order valence-electron chi connectivity index (χ1n) is 9.34. The van der Waals surface area contributed by atoms with Crippen molar-refractivity contribution in [1.29, 1.82) is 0 Å². The number of likely N-dealkylation sites (N-methyl/N-ethyl adjacent to an activating group) is 1. The minimum absolute atomic E-state index is 0.0410. The van der Waals surface area contributed by atoms with E-state index in [0.29, 0.717) is 48.4 Å². The number of halogens is 1. The van der Waals surface area contributed by atoms with E-state index >= 15 is 0 Å². The molecule has 2 amide bonds. The summed E-state index contributed by atoms with van der Waals surface area (Å²) in [5.41, 5.74) is 1.27. The summed E-state index contributed by atoms with van der Waals surface area (Å²) in [7, 11) is 1.79. The van der Waals surface area contributed by atoms with Crippen molar-refractivity contribution in [2.45, 2.75) is 0 Å². The van der Waals surface area contributed by atoms with Gasteiger partial charge in [0.1, 0.15) is 0 Å². The van der Waals surface area contributed by atoms with Gasteiger partial charge in [-0.3, -0.25) is 19.8 Å². The third-order valence-electron chi connectivity index (χ3n) is 4.87. The number of hydrogen-bond donors (Lipinski definition) is 1. The van der Waals surface area contributed by atoms with Gasteiger partial charge in [0.15, 0.2) is 5.11 Å². The standard InChI is InChI=1S/C21H23ClN4O2S/c1-24(16-7-3-2-4-8-16)19(27)15-25-11-13-26(14-12-25)21(29)23-20(28)17-9-5-6-10-18(17)22/h2-10H,11-15H2,1H3,(H,23,28,29). The molecular formula is C21H23ClN4O2S. The minimum atomic E-state index is -0.317.